The lowest BCUT2D eigenvalue weighted by Gasteiger charge is -2.17. The van der Waals surface area contributed by atoms with Gasteiger partial charge in [0.25, 0.3) is 0 Å². The largest absolute Gasteiger partial charge is 0.312 e. The Morgan fingerprint density at radius 3 is 2.91 bits per heavy atom. The number of carbonyl (C=O) groups excluding carboxylic acids is 2. The molecule has 2 amide bonds. The van der Waals surface area contributed by atoms with E-state index in [-0.39, 0.29) is 29.8 Å². The Morgan fingerprint density at radius 2 is 2.26 bits per heavy atom. The van der Waals surface area contributed by atoms with Crippen molar-refractivity contribution in [2.24, 2.45) is 5.92 Å². The van der Waals surface area contributed by atoms with Gasteiger partial charge in [0.1, 0.15) is 10.8 Å². The minimum absolute atomic E-state index is 0.0625. The Labute approximate surface area is 140 Å². The van der Waals surface area contributed by atoms with Crippen molar-refractivity contribution >= 4 is 45.6 Å². The third kappa shape index (κ3) is 3.32. The number of rotatable bonds is 3. The van der Waals surface area contributed by atoms with Crippen LogP contribution in [0.15, 0.2) is 18.2 Å². The summed E-state index contributed by atoms with van der Waals surface area (Å²) in [6, 6.07) is 4.04. The van der Waals surface area contributed by atoms with Crippen molar-refractivity contribution in [3.05, 3.63) is 34.0 Å². The van der Waals surface area contributed by atoms with Gasteiger partial charge in [-0.05, 0) is 25.1 Å². The molecule has 2 aromatic rings. The standard InChI is InChI=1S/C14H12ClFN4O2S/c1-7-18-19-14(23-7)17-13(22)8-4-12(21)20(6-8)9-2-3-11(16)10(15)5-9/h2-3,5,8H,4,6H2,1H3,(H,17,19,22)/t8-/m1/s1. The lowest BCUT2D eigenvalue weighted by atomic mass is 10.1. The molecule has 1 aliphatic heterocycles. The first kappa shape index (κ1) is 15.8. The molecule has 1 aromatic heterocycles. The molecular formula is C14H12ClFN4O2S. The van der Waals surface area contributed by atoms with Crippen LogP contribution in [0.3, 0.4) is 0 Å². The van der Waals surface area contributed by atoms with Crippen LogP contribution in [0, 0.1) is 18.7 Å². The molecule has 120 valence electrons. The number of nitrogens with zero attached hydrogens (tertiary/aromatic N) is 3. The third-order valence-corrected chi connectivity index (χ3v) is 4.51. The van der Waals surface area contributed by atoms with Crippen molar-refractivity contribution in [2.75, 3.05) is 16.8 Å². The quantitative estimate of drug-likeness (QED) is 0.919. The fraction of sp³-hybridized carbons (Fsp3) is 0.286. The average Bonchev–Trinajstić information content (AvgIpc) is 3.08. The third-order valence-electron chi connectivity index (χ3n) is 3.47. The monoisotopic (exact) mass is 354 g/mol. The Kier molecular flexibility index (Phi) is 4.27. The maximum Gasteiger partial charge on any atom is 0.231 e. The molecule has 1 atom stereocenters. The van der Waals surface area contributed by atoms with E-state index in [1.807, 2.05) is 0 Å². The van der Waals surface area contributed by atoms with Gasteiger partial charge in [-0.3, -0.25) is 9.59 Å². The van der Waals surface area contributed by atoms with E-state index in [9.17, 15) is 14.0 Å². The van der Waals surface area contributed by atoms with Crippen molar-refractivity contribution in [3.8, 4) is 0 Å². The summed E-state index contributed by atoms with van der Waals surface area (Å²) in [5, 5.41) is 11.4. The lowest BCUT2D eigenvalue weighted by molar-refractivity contribution is -0.122. The molecular weight excluding hydrogens is 343 g/mol. The smallest absolute Gasteiger partial charge is 0.231 e. The van der Waals surface area contributed by atoms with Gasteiger partial charge in [0.2, 0.25) is 16.9 Å². The number of nitrogens with one attached hydrogen (secondary N) is 1. The molecule has 1 aromatic carbocycles. The predicted octanol–water partition coefficient (Wildman–Crippen LogP) is 2.63. The number of hydrogen-bond donors (Lipinski definition) is 1. The Balaban J connectivity index is 1.71. The fourth-order valence-electron chi connectivity index (χ4n) is 2.34. The van der Waals surface area contributed by atoms with Crippen LogP contribution in [-0.4, -0.2) is 28.6 Å². The van der Waals surface area contributed by atoms with E-state index in [2.05, 4.69) is 15.5 Å². The van der Waals surface area contributed by atoms with Crippen molar-refractivity contribution in [1.82, 2.24) is 10.2 Å². The summed E-state index contributed by atoms with van der Waals surface area (Å²) in [7, 11) is 0. The summed E-state index contributed by atoms with van der Waals surface area (Å²) in [6.45, 7) is 2.00. The first-order valence-corrected chi connectivity index (χ1v) is 8.00. The van der Waals surface area contributed by atoms with E-state index in [0.29, 0.717) is 10.8 Å². The van der Waals surface area contributed by atoms with E-state index in [0.717, 1.165) is 5.01 Å². The van der Waals surface area contributed by atoms with E-state index in [1.165, 1.54) is 34.4 Å². The van der Waals surface area contributed by atoms with Crippen LogP contribution in [0.4, 0.5) is 15.2 Å². The Bertz CT molecular complexity index is 782. The van der Waals surface area contributed by atoms with Crippen molar-refractivity contribution < 1.29 is 14.0 Å². The molecule has 0 bridgehead atoms. The highest BCUT2D eigenvalue weighted by Gasteiger charge is 2.35. The van der Waals surface area contributed by atoms with Gasteiger partial charge in [-0.25, -0.2) is 4.39 Å². The molecule has 3 rings (SSSR count). The van der Waals surface area contributed by atoms with Crippen LogP contribution in [0.5, 0.6) is 0 Å². The van der Waals surface area contributed by atoms with Gasteiger partial charge in [-0.15, -0.1) is 10.2 Å². The predicted molar refractivity (Wildman–Crippen MR) is 85.1 cm³/mol. The maximum atomic E-state index is 13.2. The molecule has 6 nitrogen and oxygen atoms in total. The van der Waals surface area contributed by atoms with E-state index < -0.39 is 11.7 Å². The molecule has 1 N–H and O–H groups in total. The summed E-state index contributed by atoms with van der Waals surface area (Å²) in [5.74, 6) is -1.55. The molecule has 0 saturated carbocycles. The van der Waals surface area contributed by atoms with Crippen molar-refractivity contribution in [2.45, 2.75) is 13.3 Å². The van der Waals surface area contributed by atoms with Crippen molar-refractivity contribution in [3.63, 3.8) is 0 Å². The van der Waals surface area contributed by atoms with Gasteiger partial charge in [0, 0.05) is 18.7 Å². The summed E-state index contributed by atoms with van der Waals surface area (Å²) < 4.78 is 13.2. The summed E-state index contributed by atoms with van der Waals surface area (Å²) in [4.78, 5) is 25.8. The average molecular weight is 355 g/mol. The van der Waals surface area contributed by atoms with E-state index >= 15 is 0 Å². The van der Waals surface area contributed by atoms with E-state index in [1.54, 1.807) is 6.92 Å². The van der Waals surface area contributed by atoms with Crippen LogP contribution in [0.2, 0.25) is 5.02 Å². The molecule has 1 aliphatic rings. The zero-order valence-corrected chi connectivity index (χ0v) is 13.6. The van der Waals surface area contributed by atoms with Crippen LogP contribution >= 0.6 is 22.9 Å². The van der Waals surface area contributed by atoms with Gasteiger partial charge in [-0.2, -0.15) is 0 Å². The number of carbonyl (C=O) groups is 2. The van der Waals surface area contributed by atoms with Crippen LogP contribution in [0.25, 0.3) is 0 Å². The minimum Gasteiger partial charge on any atom is -0.312 e. The second-order valence-electron chi connectivity index (χ2n) is 5.12. The molecule has 0 aliphatic carbocycles. The second-order valence-corrected chi connectivity index (χ2v) is 6.71. The first-order valence-electron chi connectivity index (χ1n) is 6.80. The summed E-state index contributed by atoms with van der Waals surface area (Å²) in [5.41, 5.74) is 0.475. The highest BCUT2D eigenvalue weighted by Crippen LogP contribution is 2.29. The molecule has 23 heavy (non-hydrogen) atoms. The van der Waals surface area contributed by atoms with Gasteiger partial charge >= 0.3 is 0 Å². The van der Waals surface area contributed by atoms with Crippen molar-refractivity contribution in [1.29, 1.82) is 0 Å². The Hall–Kier alpha value is -2.06. The van der Waals surface area contributed by atoms with Crippen LogP contribution in [0.1, 0.15) is 11.4 Å². The number of amides is 2. The highest BCUT2D eigenvalue weighted by molar-refractivity contribution is 7.15. The molecule has 0 spiro atoms. The minimum atomic E-state index is -0.553. The van der Waals surface area contributed by atoms with Gasteiger partial charge in [-0.1, -0.05) is 22.9 Å². The SMILES string of the molecule is Cc1nnc(NC(=O)[C@@H]2CC(=O)N(c3ccc(F)c(Cl)c3)C2)s1. The maximum absolute atomic E-state index is 13.2. The summed E-state index contributed by atoms with van der Waals surface area (Å²) in [6.07, 6.45) is 0.0820. The second kappa shape index (κ2) is 6.21. The molecule has 2 heterocycles. The number of halogens is 2. The molecule has 9 heteroatoms. The number of anilines is 2. The topological polar surface area (TPSA) is 75.2 Å². The zero-order chi connectivity index (χ0) is 16.6. The lowest BCUT2D eigenvalue weighted by Crippen LogP contribution is -2.28. The van der Waals surface area contributed by atoms with Crippen LogP contribution < -0.4 is 10.2 Å². The Morgan fingerprint density at radius 1 is 1.48 bits per heavy atom. The fourth-order valence-corrected chi connectivity index (χ4v) is 3.11. The normalized spacial score (nSPS) is 17.6. The molecule has 1 fully saturated rings. The number of benzene rings is 1. The van der Waals surface area contributed by atoms with Gasteiger partial charge in [0.05, 0.1) is 10.9 Å². The summed E-state index contributed by atoms with van der Waals surface area (Å²) >= 11 is 7.01. The number of hydrogen-bond acceptors (Lipinski definition) is 5. The number of aryl methyl sites for hydroxylation is 1. The first-order chi connectivity index (χ1) is 10.9. The van der Waals surface area contributed by atoms with Gasteiger partial charge < -0.3 is 10.2 Å². The zero-order valence-electron chi connectivity index (χ0n) is 12.0. The molecule has 1 saturated heterocycles. The molecule has 0 unspecified atom stereocenters. The van der Waals surface area contributed by atoms with Gasteiger partial charge in [0.15, 0.2) is 0 Å². The highest BCUT2D eigenvalue weighted by atomic mass is 35.5. The van der Waals surface area contributed by atoms with E-state index in [4.69, 9.17) is 11.6 Å². The van der Waals surface area contributed by atoms with Crippen LogP contribution in [-0.2, 0) is 9.59 Å². The molecule has 0 radical (unpaired) electrons. The number of aromatic nitrogens is 2.